The molecule has 6 heteroatoms. The monoisotopic (exact) mass is 258 g/mol. The first-order chi connectivity index (χ1) is 8.40. The number of nitrogens with two attached hydrogens (primary N) is 1. The summed E-state index contributed by atoms with van der Waals surface area (Å²) < 4.78 is 26.2. The predicted molar refractivity (Wildman–Crippen MR) is 62.6 cm³/mol. The lowest BCUT2D eigenvalue weighted by molar-refractivity contribution is -0.118. The Bertz CT molecular complexity index is 427. The Balaban J connectivity index is 2.57. The molecule has 4 nitrogen and oxygen atoms in total. The number of hydrogen-bond acceptors (Lipinski definition) is 3. The lowest BCUT2D eigenvalue weighted by Crippen LogP contribution is -2.34. The molecule has 18 heavy (non-hydrogen) atoms. The minimum atomic E-state index is -1.18. The van der Waals surface area contributed by atoms with E-state index in [1.165, 1.54) is 0 Å². The number of nitrogens with one attached hydrogen (secondary N) is 1. The van der Waals surface area contributed by atoms with E-state index in [4.69, 9.17) is 5.73 Å². The largest absolute Gasteiger partial charge is 0.387 e. The van der Waals surface area contributed by atoms with E-state index in [-0.39, 0.29) is 24.6 Å². The van der Waals surface area contributed by atoms with Gasteiger partial charge in [-0.05, 0) is 25.1 Å². The molecule has 0 spiro atoms. The van der Waals surface area contributed by atoms with Crippen LogP contribution in [0.3, 0.4) is 0 Å². The van der Waals surface area contributed by atoms with Crippen LogP contribution < -0.4 is 11.1 Å². The number of rotatable bonds is 6. The van der Waals surface area contributed by atoms with Gasteiger partial charge in [0.25, 0.3) is 0 Å². The van der Waals surface area contributed by atoms with Crippen molar-refractivity contribution in [2.45, 2.75) is 25.5 Å². The zero-order valence-electron chi connectivity index (χ0n) is 9.99. The second kappa shape index (κ2) is 6.42. The zero-order chi connectivity index (χ0) is 13.7. The van der Waals surface area contributed by atoms with Gasteiger partial charge in [0.15, 0.2) is 0 Å². The quantitative estimate of drug-likeness (QED) is 0.708. The Kier molecular flexibility index (Phi) is 5.18. The van der Waals surface area contributed by atoms with Crippen molar-refractivity contribution in [3.8, 4) is 0 Å². The topological polar surface area (TPSA) is 75.4 Å². The van der Waals surface area contributed by atoms with Crippen LogP contribution in [0.5, 0.6) is 0 Å². The highest BCUT2D eigenvalue weighted by Gasteiger charge is 2.15. The molecule has 1 aromatic rings. The van der Waals surface area contributed by atoms with E-state index in [0.717, 1.165) is 18.2 Å². The molecule has 2 atom stereocenters. The Hall–Kier alpha value is -1.53. The first-order valence-corrected chi connectivity index (χ1v) is 5.55. The molecule has 4 N–H and O–H groups in total. The number of halogens is 2. The van der Waals surface area contributed by atoms with E-state index in [1.54, 1.807) is 6.92 Å². The number of hydrogen-bond donors (Lipinski definition) is 3. The molecule has 0 heterocycles. The second-order valence-electron chi connectivity index (χ2n) is 4.16. The predicted octanol–water partition coefficient (Wildman–Crippen LogP) is 0.852. The summed E-state index contributed by atoms with van der Waals surface area (Å²) in [6.07, 6.45) is -1.07. The van der Waals surface area contributed by atoms with Gasteiger partial charge >= 0.3 is 0 Å². The SMILES string of the molecule is CC(CC(N)=O)NCC(O)c1cc(F)ccc1F. The highest BCUT2D eigenvalue weighted by molar-refractivity contribution is 5.74. The molecule has 100 valence electrons. The summed E-state index contributed by atoms with van der Waals surface area (Å²) in [6, 6.07) is 2.64. The maximum absolute atomic E-state index is 13.3. The van der Waals surface area contributed by atoms with Crippen LogP contribution in [0.25, 0.3) is 0 Å². The molecule has 0 aliphatic rings. The molecule has 0 aliphatic heterocycles. The Morgan fingerprint density at radius 1 is 1.50 bits per heavy atom. The summed E-state index contributed by atoms with van der Waals surface area (Å²) >= 11 is 0. The van der Waals surface area contributed by atoms with Crippen LogP contribution in [0.2, 0.25) is 0 Å². The van der Waals surface area contributed by atoms with Crippen molar-refractivity contribution < 1.29 is 18.7 Å². The van der Waals surface area contributed by atoms with Gasteiger partial charge in [0.05, 0.1) is 6.10 Å². The van der Waals surface area contributed by atoms with Gasteiger partial charge in [-0.3, -0.25) is 4.79 Å². The fraction of sp³-hybridized carbons (Fsp3) is 0.417. The molecular formula is C12H16F2N2O2. The lowest BCUT2D eigenvalue weighted by Gasteiger charge is -2.16. The minimum absolute atomic E-state index is 0.00875. The number of aliphatic hydroxyl groups is 1. The highest BCUT2D eigenvalue weighted by atomic mass is 19.1. The molecule has 1 rings (SSSR count). The van der Waals surface area contributed by atoms with Gasteiger partial charge in [-0.25, -0.2) is 8.78 Å². The van der Waals surface area contributed by atoms with E-state index in [2.05, 4.69) is 5.32 Å². The van der Waals surface area contributed by atoms with Crippen LogP contribution in [0.15, 0.2) is 18.2 Å². The third-order valence-corrected chi connectivity index (χ3v) is 2.48. The van der Waals surface area contributed by atoms with Crippen LogP contribution in [0.1, 0.15) is 25.0 Å². The van der Waals surface area contributed by atoms with Crippen LogP contribution in [-0.4, -0.2) is 23.6 Å². The summed E-state index contributed by atoms with van der Waals surface area (Å²) in [5.41, 5.74) is 4.89. The average molecular weight is 258 g/mol. The normalized spacial score (nSPS) is 14.2. The summed E-state index contributed by atoms with van der Waals surface area (Å²) in [5.74, 6) is -1.76. The number of carbonyl (C=O) groups is 1. The standard InChI is InChI=1S/C12H16F2N2O2/c1-7(4-12(15)18)16-6-11(17)9-5-8(13)2-3-10(9)14/h2-3,5,7,11,16-17H,4,6H2,1H3,(H2,15,18). The average Bonchev–Trinajstić information content (AvgIpc) is 2.28. The van der Waals surface area contributed by atoms with Crippen molar-refractivity contribution in [3.63, 3.8) is 0 Å². The number of amides is 1. The van der Waals surface area contributed by atoms with Crippen LogP contribution in [0.4, 0.5) is 8.78 Å². The first kappa shape index (κ1) is 14.5. The molecule has 1 aromatic carbocycles. The van der Waals surface area contributed by atoms with E-state index in [1.807, 2.05) is 0 Å². The Morgan fingerprint density at radius 2 is 2.17 bits per heavy atom. The molecule has 1 amide bonds. The molecule has 0 aromatic heterocycles. The number of primary amides is 1. The van der Waals surface area contributed by atoms with Gasteiger partial charge < -0.3 is 16.2 Å². The van der Waals surface area contributed by atoms with E-state index < -0.39 is 23.6 Å². The fourth-order valence-electron chi connectivity index (χ4n) is 1.57. The smallest absolute Gasteiger partial charge is 0.218 e. The third kappa shape index (κ3) is 4.38. The van der Waals surface area contributed by atoms with Crippen LogP contribution >= 0.6 is 0 Å². The molecule has 0 saturated carbocycles. The van der Waals surface area contributed by atoms with Crippen molar-refractivity contribution in [1.29, 1.82) is 0 Å². The van der Waals surface area contributed by atoms with Crippen LogP contribution in [0, 0.1) is 11.6 Å². The molecule has 0 aliphatic carbocycles. The van der Waals surface area contributed by atoms with Crippen molar-refractivity contribution >= 4 is 5.91 Å². The number of carbonyl (C=O) groups excluding carboxylic acids is 1. The van der Waals surface area contributed by atoms with Crippen molar-refractivity contribution in [2.75, 3.05) is 6.54 Å². The molecular weight excluding hydrogens is 242 g/mol. The Morgan fingerprint density at radius 3 is 2.78 bits per heavy atom. The highest BCUT2D eigenvalue weighted by Crippen LogP contribution is 2.17. The maximum Gasteiger partial charge on any atom is 0.218 e. The lowest BCUT2D eigenvalue weighted by atomic mass is 10.1. The van der Waals surface area contributed by atoms with Gasteiger partial charge in [0.2, 0.25) is 5.91 Å². The summed E-state index contributed by atoms with van der Waals surface area (Å²) in [5, 5.41) is 12.5. The number of benzene rings is 1. The van der Waals surface area contributed by atoms with Gasteiger partial charge in [-0.2, -0.15) is 0 Å². The first-order valence-electron chi connectivity index (χ1n) is 5.55. The van der Waals surface area contributed by atoms with Gasteiger partial charge in [0, 0.05) is 24.6 Å². The van der Waals surface area contributed by atoms with Gasteiger partial charge in [-0.1, -0.05) is 0 Å². The van der Waals surface area contributed by atoms with Crippen molar-refractivity contribution in [2.24, 2.45) is 5.73 Å². The van der Waals surface area contributed by atoms with Crippen molar-refractivity contribution in [3.05, 3.63) is 35.4 Å². The summed E-state index contributed by atoms with van der Waals surface area (Å²) in [6.45, 7) is 1.72. The van der Waals surface area contributed by atoms with Gasteiger partial charge in [0.1, 0.15) is 11.6 Å². The third-order valence-electron chi connectivity index (χ3n) is 2.48. The number of aliphatic hydroxyl groups excluding tert-OH is 1. The fourth-order valence-corrected chi connectivity index (χ4v) is 1.57. The molecule has 0 bridgehead atoms. The molecule has 2 unspecified atom stereocenters. The second-order valence-corrected chi connectivity index (χ2v) is 4.16. The molecule has 0 saturated heterocycles. The summed E-state index contributed by atoms with van der Waals surface area (Å²) in [7, 11) is 0. The van der Waals surface area contributed by atoms with Crippen LogP contribution in [-0.2, 0) is 4.79 Å². The van der Waals surface area contributed by atoms with Crippen molar-refractivity contribution in [1.82, 2.24) is 5.32 Å². The van der Waals surface area contributed by atoms with E-state index in [0.29, 0.717) is 0 Å². The van der Waals surface area contributed by atoms with E-state index >= 15 is 0 Å². The summed E-state index contributed by atoms with van der Waals surface area (Å²) in [4.78, 5) is 10.6. The Labute approximate surface area is 104 Å². The minimum Gasteiger partial charge on any atom is -0.387 e. The molecule has 0 radical (unpaired) electrons. The molecule has 0 fully saturated rings. The van der Waals surface area contributed by atoms with Gasteiger partial charge in [-0.15, -0.1) is 0 Å². The maximum atomic E-state index is 13.3. The zero-order valence-corrected chi connectivity index (χ0v) is 9.99. The van der Waals surface area contributed by atoms with E-state index in [9.17, 15) is 18.7 Å².